The third-order valence-electron chi connectivity index (χ3n) is 2.64. The Morgan fingerprint density at radius 3 is 2.22 bits per heavy atom. The van der Waals surface area contributed by atoms with E-state index in [2.05, 4.69) is 0 Å². The average Bonchev–Trinajstić information content (AvgIpc) is 2.43. The minimum absolute atomic E-state index is 0.0270. The van der Waals surface area contributed by atoms with Gasteiger partial charge in [-0.05, 0) is 30.7 Å². The number of ether oxygens (including phenoxy) is 4. The normalized spacial score (nSPS) is 11.3. The number of benzene rings is 1. The summed E-state index contributed by atoms with van der Waals surface area (Å²) < 4.78 is 20.4. The van der Waals surface area contributed by atoms with Gasteiger partial charge in [0, 0.05) is 20.8 Å². The lowest BCUT2D eigenvalue weighted by Gasteiger charge is -2.17. The first-order chi connectivity index (χ1) is 10.8. The van der Waals surface area contributed by atoms with Crippen LogP contribution in [0.15, 0.2) is 18.2 Å². The Bertz CT molecular complexity index is 580. The van der Waals surface area contributed by atoms with Crippen LogP contribution in [0, 0.1) is 6.92 Å². The summed E-state index contributed by atoms with van der Waals surface area (Å²) in [7, 11) is 0. The first-order valence-electron chi connectivity index (χ1n) is 7.00. The standard InChI is InChI=1S/C16H20O7/c1-10-7-14(5-6-16(10)23-13(4)19)21-9-15(22-12(3)18)8-20-11(2)17/h5-7,15H,8-9H2,1-4H3. The highest BCUT2D eigenvalue weighted by Crippen LogP contribution is 2.23. The maximum Gasteiger partial charge on any atom is 0.308 e. The van der Waals surface area contributed by atoms with Crippen molar-refractivity contribution in [3.8, 4) is 11.5 Å². The van der Waals surface area contributed by atoms with Gasteiger partial charge in [-0.1, -0.05) is 0 Å². The molecule has 0 heterocycles. The Kier molecular flexibility index (Phi) is 7.05. The molecule has 7 nitrogen and oxygen atoms in total. The second kappa shape index (κ2) is 8.77. The molecule has 0 saturated carbocycles. The monoisotopic (exact) mass is 324 g/mol. The molecule has 0 aliphatic carbocycles. The van der Waals surface area contributed by atoms with Gasteiger partial charge in [-0.3, -0.25) is 14.4 Å². The molecule has 126 valence electrons. The van der Waals surface area contributed by atoms with Gasteiger partial charge in [0.15, 0.2) is 6.10 Å². The Hall–Kier alpha value is -2.57. The van der Waals surface area contributed by atoms with E-state index in [1.807, 2.05) is 0 Å². The lowest BCUT2D eigenvalue weighted by molar-refractivity contribution is -0.158. The molecule has 0 spiro atoms. The van der Waals surface area contributed by atoms with E-state index in [0.29, 0.717) is 11.5 Å². The highest BCUT2D eigenvalue weighted by molar-refractivity contribution is 5.70. The lowest BCUT2D eigenvalue weighted by atomic mass is 10.2. The Balaban J connectivity index is 2.65. The van der Waals surface area contributed by atoms with Crippen LogP contribution in [0.2, 0.25) is 0 Å². The number of esters is 3. The van der Waals surface area contributed by atoms with Crippen molar-refractivity contribution >= 4 is 17.9 Å². The molecule has 0 fully saturated rings. The third-order valence-corrected chi connectivity index (χ3v) is 2.64. The molecule has 0 aromatic heterocycles. The summed E-state index contributed by atoms with van der Waals surface area (Å²) in [6.45, 7) is 5.57. The molecule has 0 bridgehead atoms. The molecule has 23 heavy (non-hydrogen) atoms. The van der Waals surface area contributed by atoms with Gasteiger partial charge in [0.25, 0.3) is 0 Å². The minimum Gasteiger partial charge on any atom is -0.490 e. The van der Waals surface area contributed by atoms with Crippen LogP contribution in [0.3, 0.4) is 0 Å². The first kappa shape index (κ1) is 18.5. The molecule has 0 saturated heterocycles. The van der Waals surface area contributed by atoms with Crippen LogP contribution < -0.4 is 9.47 Å². The van der Waals surface area contributed by atoms with Crippen molar-refractivity contribution in [3.63, 3.8) is 0 Å². The van der Waals surface area contributed by atoms with E-state index in [-0.39, 0.29) is 13.2 Å². The molecule has 1 atom stereocenters. The van der Waals surface area contributed by atoms with Gasteiger partial charge in [0.2, 0.25) is 0 Å². The average molecular weight is 324 g/mol. The maximum atomic E-state index is 11.0. The molecular weight excluding hydrogens is 304 g/mol. The van der Waals surface area contributed by atoms with E-state index in [4.69, 9.17) is 18.9 Å². The van der Waals surface area contributed by atoms with Crippen LogP contribution in [0.1, 0.15) is 26.3 Å². The van der Waals surface area contributed by atoms with Crippen molar-refractivity contribution in [2.45, 2.75) is 33.8 Å². The zero-order chi connectivity index (χ0) is 17.4. The van der Waals surface area contributed by atoms with Gasteiger partial charge >= 0.3 is 17.9 Å². The summed E-state index contributed by atoms with van der Waals surface area (Å²) in [6.07, 6.45) is -0.704. The van der Waals surface area contributed by atoms with Crippen molar-refractivity contribution in [2.75, 3.05) is 13.2 Å². The summed E-state index contributed by atoms with van der Waals surface area (Å²) in [5, 5.41) is 0. The molecule has 0 aliphatic heterocycles. The highest BCUT2D eigenvalue weighted by Gasteiger charge is 2.15. The smallest absolute Gasteiger partial charge is 0.308 e. The maximum absolute atomic E-state index is 11.0. The Morgan fingerprint density at radius 1 is 1.00 bits per heavy atom. The molecule has 0 amide bonds. The molecule has 1 unspecified atom stereocenters. The number of hydrogen-bond donors (Lipinski definition) is 0. The molecule has 1 aromatic carbocycles. The summed E-state index contributed by atoms with van der Waals surface area (Å²) in [5.41, 5.74) is 0.724. The van der Waals surface area contributed by atoms with Crippen molar-refractivity contribution < 1.29 is 33.3 Å². The van der Waals surface area contributed by atoms with E-state index in [1.165, 1.54) is 20.8 Å². The largest absolute Gasteiger partial charge is 0.490 e. The van der Waals surface area contributed by atoms with E-state index in [9.17, 15) is 14.4 Å². The van der Waals surface area contributed by atoms with Crippen LogP contribution in [0.4, 0.5) is 0 Å². The zero-order valence-electron chi connectivity index (χ0n) is 13.6. The van der Waals surface area contributed by atoms with Crippen molar-refractivity contribution in [1.82, 2.24) is 0 Å². The third kappa shape index (κ3) is 7.30. The molecule has 7 heteroatoms. The van der Waals surface area contributed by atoms with Crippen LogP contribution in [0.5, 0.6) is 11.5 Å². The fourth-order valence-electron chi connectivity index (χ4n) is 1.73. The number of hydrogen-bond acceptors (Lipinski definition) is 7. The number of rotatable bonds is 7. The van der Waals surface area contributed by atoms with Crippen molar-refractivity contribution in [1.29, 1.82) is 0 Å². The summed E-state index contributed by atoms with van der Waals surface area (Å²) in [4.78, 5) is 32.8. The second-order valence-corrected chi connectivity index (χ2v) is 4.87. The van der Waals surface area contributed by atoms with E-state index < -0.39 is 24.0 Å². The second-order valence-electron chi connectivity index (χ2n) is 4.87. The van der Waals surface area contributed by atoms with Gasteiger partial charge < -0.3 is 18.9 Å². The SMILES string of the molecule is CC(=O)OCC(COc1ccc(OC(C)=O)c(C)c1)OC(C)=O. The summed E-state index contributed by atoms with van der Waals surface area (Å²) in [6, 6.07) is 4.93. The number of aryl methyl sites for hydroxylation is 1. The summed E-state index contributed by atoms with van der Waals surface area (Å²) in [5.74, 6) is -0.409. The topological polar surface area (TPSA) is 88.1 Å². The lowest BCUT2D eigenvalue weighted by Crippen LogP contribution is -2.29. The predicted molar refractivity (Wildman–Crippen MR) is 80.2 cm³/mol. The first-order valence-corrected chi connectivity index (χ1v) is 7.00. The van der Waals surface area contributed by atoms with Crippen LogP contribution >= 0.6 is 0 Å². The zero-order valence-corrected chi connectivity index (χ0v) is 13.6. The van der Waals surface area contributed by atoms with Gasteiger partial charge in [-0.15, -0.1) is 0 Å². The van der Waals surface area contributed by atoms with Crippen molar-refractivity contribution in [3.05, 3.63) is 23.8 Å². The molecule has 0 N–H and O–H groups in total. The van der Waals surface area contributed by atoms with Crippen LogP contribution in [-0.4, -0.2) is 37.2 Å². The van der Waals surface area contributed by atoms with Gasteiger partial charge in [-0.25, -0.2) is 0 Å². The number of carbonyl (C=O) groups excluding carboxylic acids is 3. The molecule has 1 aromatic rings. The Labute approximate surface area is 134 Å². The molecule has 0 aliphatic rings. The van der Waals surface area contributed by atoms with E-state index in [1.54, 1.807) is 25.1 Å². The van der Waals surface area contributed by atoms with Crippen LogP contribution in [-0.2, 0) is 23.9 Å². The quantitative estimate of drug-likeness (QED) is 0.558. The van der Waals surface area contributed by atoms with E-state index in [0.717, 1.165) is 5.56 Å². The van der Waals surface area contributed by atoms with Gasteiger partial charge in [0.1, 0.15) is 24.7 Å². The number of carbonyl (C=O) groups is 3. The predicted octanol–water partition coefficient (Wildman–Crippen LogP) is 1.79. The van der Waals surface area contributed by atoms with Gasteiger partial charge in [-0.2, -0.15) is 0 Å². The molecular formula is C16H20O7. The molecule has 0 radical (unpaired) electrons. The fourth-order valence-corrected chi connectivity index (χ4v) is 1.73. The van der Waals surface area contributed by atoms with E-state index >= 15 is 0 Å². The highest BCUT2D eigenvalue weighted by atomic mass is 16.6. The Morgan fingerprint density at radius 2 is 1.70 bits per heavy atom. The van der Waals surface area contributed by atoms with Crippen molar-refractivity contribution in [2.24, 2.45) is 0 Å². The van der Waals surface area contributed by atoms with Crippen LogP contribution in [0.25, 0.3) is 0 Å². The summed E-state index contributed by atoms with van der Waals surface area (Å²) >= 11 is 0. The minimum atomic E-state index is -0.704. The van der Waals surface area contributed by atoms with Gasteiger partial charge in [0.05, 0.1) is 0 Å². The molecule has 1 rings (SSSR count). The fraction of sp³-hybridized carbons (Fsp3) is 0.438.